The number of unbranched alkanes of at least 4 members (excludes halogenated alkanes) is 16. The molecule has 0 spiro atoms. The van der Waals surface area contributed by atoms with Gasteiger partial charge in [0, 0.05) is 13.2 Å². The first-order valence-electron chi connectivity index (χ1n) is 10.3. The van der Waals surface area contributed by atoms with E-state index in [1.165, 1.54) is 89.9 Å². The molecule has 24 heavy (non-hydrogen) atoms. The van der Waals surface area contributed by atoms with E-state index in [1.54, 1.807) is 0 Å². The molecule has 0 bridgehead atoms. The smallest absolute Gasteiger partial charge is 0.404 e. The highest BCUT2D eigenvalue weighted by molar-refractivity contribution is 5.64. The zero-order valence-corrected chi connectivity index (χ0v) is 15.7. The van der Waals surface area contributed by atoms with Crippen molar-refractivity contribution in [2.24, 2.45) is 0 Å². The van der Waals surface area contributed by atoms with Crippen LogP contribution in [0.25, 0.3) is 0 Å². The number of rotatable bonds is 19. The minimum Gasteiger partial charge on any atom is -0.465 e. The number of carbonyl (C=O) groups is 1. The molecule has 3 N–H and O–H groups in total. The Morgan fingerprint density at radius 3 is 1.12 bits per heavy atom. The van der Waals surface area contributed by atoms with Crippen molar-refractivity contribution in [1.29, 1.82) is 0 Å². The monoisotopic (exact) mass is 343 g/mol. The van der Waals surface area contributed by atoms with Crippen LogP contribution in [0, 0.1) is 0 Å². The van der Waals surface area contributed by atoms with Crippen LogP contribution in [0.2, 0.25) is 0 Å². The minimum absolute atomic E-state index is 0.351. The maximum absolute atomic E-state index is 10.3. The Bertz CT molecular complexity index is 259. The number of hydrogen-bond acceptors (Lipinski definition) is 2. The number of hydrogen-bond donors (Lipinski definition) is 3. The molecule has 0 aromatic heterocycles. The molecule has 0 aromatic carbocycles. The molecule has 0 heterocycles. The topological polar surface area (TPSA) is 69.6 Å². The summed E-state index contributed by atoms with van der Waals surface area (Å²) in [5, 5.41) is 19.5. The minimum atomic E-state index is -0.909. The highest BCUT2D eigenvalue weighted by Crippen LogP contribution is 2.13. The summed E-state index contributed by atoms with van der Waals surface area (Å²) in [5.74, 6) is 0. The molecular weight excluding hydrogens is 302 g/mol. The molecule has 0 atom stereocenters. The fourth-order valence-electron chi connectivity index (χ4n) is 3.08. The zero-order chi connectivity index (χ0) is 17.7. The summed E-state index contributed by atoms with van der Waals surface area (Å²) < 4.78 is 0. The van der Waals surface area contributed by atoms with Gasteiger partial charge in [-0.1, -0.05) is 96.3 Å². The van der Waals surface area contributed by atoms with Crippen molar-refractivity contribution in [1.82, 2.24) is 5.32 Å². The third kappa shape index (κ3) is 21.2. The normalized spacial score (nSPS) is 10.9. The van der Waals surface area contributed by atoms with E-state index < -0.39 is 6.09 Å². The molecule has 0 rings (SSSR count). The summed E-state index contributed by atoms with van der Waals surface area (Å²) in [6, 6.07) is 0. The van der Waals surface area contributed by atoms with Crippen LogP contribution >= 0.6 is 0 Å². The fraction of sp³-hybridized carbons (Fsp3) is 0.950. The second-order valence-electron chi connectivity index (χ2n) is 6.97. The van der Waals surface area contributed by atoms with Gasteiger partial charge in [-0.05, 0) is 12.8 Å². The van der Waals surface area contributed by atoms with Crippen LogP contribution in [0.15, 0.2) is 0 Å². The van der Waals surface area contributed by atoms with Gasteiger partial charge >= 0.3 is 6.09 Å². The summed E-state index contributed by atoms with van der Waals surface area (Å²) in [7, 11) is 0. The summed E-state index contributed by atoms with van der Waals surface area (Å²) in [6.45, 7) is 0.947. The van der Waals surface area contributed by atoms with E-state index in [4.69, 9.17) is 10.2 Å². The van der Waals surface area contributed by atoms with Crippen molar-refractivity contribution in [2.45, 2.75) is 109 Å². The molecule has 0 saturated heterocycles. The number of nitrogens with one attached hydrogen (secondary N) is 1. The van der Waals surface area contributed by atoms with Crippen LogP contribution in [0.5, 0.6) is 0 Å². The number of amides is 1. The maximum atomic E-state index is 10.3. The molecular formula is C20H41NO3. The molecule has 0 aliphatic heterocycles. The van der Waals surface area contributed by atoms with Gasteiger partial charge < -0.3 is 15.5 Å². The van der Waals surface area contributed by atoms with Gasteiger partial charge in [-0.15, -0.1) is 0 Å². The van der Waals surface area contributed by atoms with E-state index in [1.807, 2.05) is 0 Å². The first-order chi connectivity index (χ1) is 11.8. The van der Waals surface area contributed by atoms with Crippen LogP contribution in [-0.2, 0) is 0 Å². The largest absolute Gasteiger partial charge is 0.465 e. The van der Waals surface area contributed by atoms with Gasteiger partial charge in [-0.25, -0.2) is 4.79 Å². The second-order valence-corrected chi connectivity index (χ2v) is 6.97. The lowest BCUT2D eigenvalue weighted by molar-refractivity contribution is 0.194. The van der Waals surface area contributed by atoms with Gasteiger partial charge in [0.2, 0.25) is 0 Å². The predicted molar refractivity (Wildman–Crippen MR) is 102 cm³/mol. The van der Waals surface area contributed by atoms with Gasteiger partial charge in [-0.3, -0.25) is 0 Å². The van der Waals surface area contributed by atoms with Crippen molar-refractivity contribution in [3.8, 4) is 0 Å². The number of aliphatic hydroxyl groups excluding tert-OH is 1. The van der Waals surface area contributed by atoms with E-state index in [0.717, 1.165) is 19.3 Å². The molecule has 0 aromatic rings. The average molecular weight is 344 g/mol. The summed E-state index contributed by atoms with van der Waals surface area (Å²) in [4.78, 5) is 10.3. The van der Waals surface area contributed by atoms with E-state index in [9.17, 15) is 4.79 Å². The van der Waals surface area contributed by atoms with Gasteiger partial charge in [0.1, 0.15) is 0 Å². The summed E-state index contributed by atoms with van der Waals surface area (Å²) >= 11 is 0. The molecule has 1 amide bonds. The van der Waals surface area contributed by atoms with Crippen LogP contribution in [0.3, 0.4) is 0 Å². The molecule has 0 radical (unpaired) electrons. The van der Waals surface area contributed by atoms with Gasteiger partial charge in [0.25, 0.3) is 0 Å². The highest BCUT2D eigenvalue weighted by Gasteiger charge is 1.96. The molecule has 4 heteroatoms. The quantitative estimate of drug-likeness (QED) is 0.257. The zero-order valence-electron chi connectivity index (χ0n) is 15.7. The molecule has 0 saturated carbocycles. The Morgan fingerprint density at radius 2 is 0.833 bits per heavy atom. The molecule has 0 aliphatic rings. The van der Waals surface area contributed by atoms with Gasteiger partial charge in [-0.2, -0.15) is 0 Å². The lowest BCUT2D eigenvalue weighted by Crippen LogP contribution is -2.21. The molecule has 0 unspecified atom stereocenters. The summed E-state index contributed by atoms with van der Waals surface area (Å²) in [6.07, 6.45) is 20.9. The Balaban J connectivity index is 2.97. The van der Waals surface area contributed by atoms with Crippen molar-refractivity contribution < 1.29 is 15.0 Å². The van der Waals surface area contributed by atoms with Crippen molar-refractivity contribution in [3.63, 3.8) is 0 Å². The Morgan fingerprint density at radius 1 is 0.542 bits per heavy atom. The third-order valence-corrected chi connectivity index (χ3v) is 4.61. The van der Waals surface area contributed by atoms with Crippen molar-refractivity contribution in [2.75, 3.05) is 13.2 Å². The Kier molecular flexibility index (Phi) is 19.6. The Labute approximate surface area is 149 Å². The average Bonchev–Trinajstić information content (AvgIpc) is 2.56. The van der Waals surface area contributed by atoms with Gasteiger partial charge in [0.05, 0.1) is 0 Å². The molecule has 4 nitrogen and oxygen atoms in total. The predicted octanol–water partition coefficient (Wildman–Crippen LogP) is 5.88. The van der Waals surface area contributed by atoms with Gasteiger partial charge in [0.15, 0.2) is 0 Å². The van der Waals surface area contributed by atoms with Crippen LogP contribution < -0.4 is 5.32 Å². The standard InChI is InChI=1S/C20H41NO3/c22-19-17-15-13-11-9-7-5-3-1-2-4-6-8-10-12-14-16-18-21-20(23)24/h21-22H,1-19H2,(H,23,24). The first-order valence-corrected chi connectivity index (χ1v) is 10.3. The first kappa shape index (κ1) is 23.2. The fourth-order valence-corrected chi connectivity index (χ4v) is 3.08. The SMILES string of the molecule is O=C(O)NCCCCCCCCCCCCCCCCCCCO. The lowest BCUT2D eigenvalue weighted by Gasteiger charge is -2.04. The maximum Gasteiger partial charge on any atom is 0.404 e. The van der Waals surface area contributed by atoms with Crippen LogP contribution in [0.1, 0.15) is 109 Å². The second kappa shape index (κ2) is 20.3. The van der Waals surface area contributed by atoms with E-state index >= 15 is 0 Å². The number of carboxylic acid groups (broad SMARTS) is 1. The van der Waals surface area contributed by atoms with E-state index in [0.29, 0.717) is 13.2 Å². The van der Waals surface area contributed by atoms with Crippen molar-refractivity contribution in [3.05, 3.63) is 0 Å². The van der Waals surface area contributed by atoms with E-state index in [-0.39, 0.29) is 0 Å². The third-order valence-electron chi connectivity index (χ3n) is 4.61. The van der Waals surface area contributed by atoms with E-state index in [2.05, 4.69) is 5.32 Å². The summed E-state index contributed by atoms with van der Waals surface area (Å²) in [5.41, 5.74) is 0. The molecule has 0 aliphatic carbocycles. The number of aliphatic hydroxyl groups is 1. The van der Waals surface area contributed by atoms with Crippen LogP contribution in [-0.4, -0.2) is 29.5 Å². The Hall–Kier alpha value is -0.770. The molecule has 144 valence electrons. The lowest BCUT2D eigenvalue weighted by atomic mass is 10.0. The van der Waals surface area contributed by atoms with Crippen molar-refractivity contribution >= 4 is 6.09 Å². The van der Waals surface area contributed by atoms with Crippen LogP contribution in [0.4, 0.5) is 4.79 Å². The molecule has 0 fully saturated rings. The highest BCUT2D eigenvalue weighted by atomic mass is 16.4.